The number of morpholine rings is 1. The summed E-state index contributed by atoms with van der Waals surface area (Å²) >= 11 is 0. The first kappa shape index (κ1) is 19.0. The highest BCUT2D eigenvalue weighted by molar-refractivity contribution is 5.46. The molecule has 2 N–H and O–H groups in total. The maximum absolute atomic E-state index is 6.12. The quantitative estimate of drug-likeness (QED) is 0.701. The Hall–Kier alpha value is -1.31. The monoisotopic (exact) mass is 378 g/mol. The van der Waals surface area contributed by atoms with E-state index in [4.69, 9.17) is 19.9 Å². The van der Waals surface area contributed by atoms with Gasteiger partial charge in [0.05, 0.1) is 32.1 Å². The average Bonchev–Trinajstić information content (AvgIpc) is 3.18. The van der Waals surface area contributed by atoms with Crippen molar-refractivity contribution in [2.24, 2.45) is 0 Å². The normalized spacial score (nSPS) is 31.3. The molecule has 3 heterocycles. The van der Waals surface area contributed by atoms with Crippen molar-refractivity contribution in [1.29, 1.82) is 0 Å². The van der Waals surface area contributed by atoms with Crippen LogP contribution in [-0.2, 0) is 9.47 Å². The van der Waals surface area contributed by atoms with Crippen LogP contribution in [0, 0.1) is 0 Å². The van der Waals surface area contributed by atoms with E-state index in [9.17, 15) is 0 Å². The molecule has 0 unspecified atom stereocenters. The van der Waals surface area contributed by atoms with E-state index in [1.165, 1.54) is 25.7 Å². The van der Waals surface area contributed by atoms with Gasteiger partial charge in [0.15, 0.2) is 0 Å². The van der Waals surface area contributed by atoms with Gasteiger partial charge in [-0.2, -0.15) is 0 Å². The van der Waals surface area contributed by atoms with Crippen molar-refractivity contribution in [1.82, 2.24) is 14.7 Å². The molecular formula is C20H34N4O3. The first-order valence-corrected chi connectivity index (χ1v) is 10.7. The lowest BCUT2D eigenvalue weighted by atomic mass is 9.89. The molecule has 0 amide bonds. The molecule has 1 aliphatic carbocycles. The van der Waals surface area contributed by atoms with Crippen molar-refractivity contribution in [2.45, 2.75) is 76.0 Å². The predicted octanol–water partition coefficient (Wildman–Crippen LogP) is 2.62. The van der Waals surface area contributed by atoms with Crippen LogP contribution in [0.1, 0.15) is 57.9 Å². The number of hydrogen-bond acceptors (Lipinski definition) is 6. The standard InChI is InChI=1S/C20H34N4O3/c1-2-25-10-3-11-27-20-19(21)12-23(22-20)15-4-6-16(7-5-15)24-17-8-9-18(24)14-26-13-17/h12,15-18H,2-11,13-14,21H2,1H3/t15?,16?,17-,18+. The topological polar surface area (TPSA) is 74.8 Å². The zero-order valence-corrected chi connectivity index (χ0v) is 16.5. The Balaban J connectivity index is 1.28. The van der Waals surface area contributed by atoms with E-state index in [0.29, 0.717) is 48.9 Å². The second-order valence-electron chi connectivity index (χ2n) is 8.10. The predicted molar refractivity (Wildman–Crippen MR) is 104 cm³/mol. The summed E-state index contributed by atoms with van der Waals surface area (Å²) in [5, 5.41) is 4.63. The molecule has 0 aromatic carbocycles. The van der Waals surface area contributed by atoms with Gasteiger partial charge in [0.25, 0.3) is 5.88 Å². The molecule has 27 heavy (non-hydrogen) atoms. The van der Waals surface area contributed by atoms with E-state index in [2.05, 4.69) is 10.00 Å². The Morgan fingerprint density at radius 3 is 2.41 bits per heavy atom. The van der Waals surface area contributed by atoms with Crippen molar-refractivity contribution >= 4 is 5.69 Å². The highest BCUT2D eigenvalue weighted by Crippen LogP contribution is 2.38. The van der Waals surface area contributed by atoms with Crippen LogP contribution in [0.15, 0.2) is 6.20 Å². The third-order valence-electron chi connectivity index (χ3n) is 6.36. The number of fused-ring (bicyclic) bond motifs is 2. The molecular weight excluding hydrogens is 344 g/mol. The minimum absolute atomic E-state index is 0.433. The maximum Gasteiger partial charge on any atom is 0.256 e. The fourth-order valence-corrected chi connectivity index (χ4v) is 5.04. The number of nitrogens with two attached hydrogens (primary N) is 1. The van der Waals surface area contributed by atoms with Crippen LogP contribution in [0.3, 0.4) is 0 Å². The van der Waals surface area contributed by atoms with Gasteiger partial charge in [-0.15, -0.1) is 5.10 Å². The van der Waals surface area contributed by atoms with Crippen molar-refractivity contribution in [3.63, 3.8) is 0 Å². The van der Waals surface area contributed by atoms with Gasteiger partial charge in [-0.25, -0.2) is 0 Å². The summed E-state index contributed by atoms with van der Waals surface area (Å²) in [5.41, 5.74) is 6.75. The van der Waals surface area contributed by atoms with Gasteiger partial charge < -0.3 is 19.9 Å². The molecule has 2 bridgehead atoms. The summed E-state index contributed by atoms with van der Waals surface area (Å²) in [6.45, 7) is 5.90. The molecule has 152 valence electrons. The van der Waals surface area contributed by atoms with Crippen molar-refractivity contribution in [3.8, 4) is 5.88 Å². The fraction of sp³-hybridized carbons (Fsp3) is 0.850. The fourth-order valence-electron chi connectivity index (χ4n) is 5.04. The van der Waals surface area contributed by atoms with Crippen LogP contribution in [-0.4, -0.2) is 65.8 Å². The Morgan fingerprint density at radius 2 is 1.70 bits per heavy atom. The zero-order chi connectivity index (χ0) is 18.6. The van der Waals surface area contributed by atoms with Gasteiger partial charge in [-0.05, 0) is 45.4 Å². The molecule has 4 rings (SSSR count). The molecule has 1 aromatic heterocycles. The zero-order valence-electron chi connectivity index (χ0n) is 16.5. The van der Waals surface area contributed by atoms with Gasteiger partial charge >= 0.3 is 0 Å². The first-order chi connectivity index (χ1) is 13.3. The molecule has 0 radical (unpaired) electrons. The van der Waals surface area contributed by atoms with E-state index >= 15 is 0 Å². The lowest BCUT2D eigenvalue weighted by Crippen LogP contribution is -2.52. The van der Waals surface area contributed by atoms with Gasteiger partial charge in [-0.3, -0.25) is 9.58 Å². The highest BCUT2D eigenvalue weighted by atomic mass is 16.5. The van der Waals surface area contributed by atoms with Crippen molar-refractivity contribution < 1.29 is 14.2 Å². The Bertz CT molecular complexity index is 584. The Kier molecular flexibility index (Phi) is 6.20. The molecule has 1 aromatic rings. The van der Waals surface area contributed by atoms with Crippen LogP contribution < -0.4 is 10.5 Å². The second kappa shape index (κ2) is 8.80. The summed E-state index contributed by atoms with van der Waals surface area (Å²) in [4.78, 5) is 2.78. The lowest BCUT2D eigenvalue weighted by molar-refractivity contribution is -0.0458. The van der Waals surface area contributed by atoms with Crippen LogP contribution in [0.25, 0.3) is 0 Å². The molecule has 3 fully saturated rings. The molecule has 2 saturated heterocycles. The number of ether oxygens (including phenoxy) is 3. The number of anilines is 1. The molecule has 3 aliphatic rings. The number of nitrogens with zero attached hydrogens (tertiary/aromatic N) is 3. The minimum Gasteiger partial charge on any atom is -0.475 e. The van der Waals surface area contributed by atoms with Crippen LogP contribution >= 0.6 is 0 Å². The van der Waals surface area contributed by atoms with Crippen LogP contribution in [0.5, 0.6) is 5.88 Å². The Morgan fingerprint density at radius 1 is 1.04 bits per heavy atom. The SMILES string of the molecule is CCOCCCOc1nn(C2CCC(N3[C@@H]4CC[C@H]3COC4)CC2)cc1N. The minimum atomic E-state index is 0.433. The third-order valence-corrected chi connectivity index (χ3v) is 6.36. The third kappa shape index (κ3) is 4.25. The van der Waals surface area contributed by atoms with E-state index in [0.717, 1.165) is 39.1 Å². The molecule has 7 nitrogen and oxygen atoms in total. The van der Waals surface area contributed by atoms with E-state index < -0.39 is 0 Å². The number of hydrogen-bond donors (Lipinski definition) is 1. The molecule has 2 atom stereocenters. The van der Waals surface area contributed by atoms with Gasteiger partial charge in [0.1, 0.15) is 5.69 Å². The summed E-state index contributed by atoms with van der Waals surface area (Å²) in [6, 6.07) is 2.46. The Labute approximate surface area is 162 Å². The number of nitrogen functional groups attached to an aromatic ring is 1. The summed E-state index contributed by atoms with van der Waals surface area (Å²) in [7, 11) is 0. The number of aromatic nitrogens is 2. The summed E-state index contributed by atoms with van der Waals surface area (Å²) in [5.74, 6) is 0.569. The van der Waals surface area contributed by atoms with Gasteiger partial charge in [0.2, 0.25) is 0 Å². The second-order valence-corrected chi connectivity index (χ2v) is 8.10. The molecule has 7 heteroatoms. The molecule has 1 saturated carbocycles. The maximum atomic E-state index is 6.12. The lowest BCUT2D eigenvalue weighted by Gasteiger charge is -2.43. The molecule has 2 aliphatic heterocycles. The largest absolute Gasteiger partial charge is 0.475 e. The highest BCUT2D eigenvalue weighted by Gasteiger charge is 2.42. The van der Waals surface area contributed by atoms with Crippen molar-refractivity contribution in [3.05, 3.63) is 6.20 Å². The molecule has 0 spiro atoms. The van der Waals surface area contributed by atoms with E-state index in [-0.39, 0.29) is 0 Å². The van der Waals surface area contributed by atoms with Crippen LogP contribution in [0.4, 0.5) is 5.69 Å². The average molecular weight is 379 g/mol. The van der Waals surface area contributed by atoms with Gasteiger partial charge in [-0.1, -0.05) is 0 Å². The van der Waals surface area contributed by atoms with E-state index in [1.54, 1.807) is 0 Å². The first-order valence-electron chi connectivity index (χ1n) is 10.7. The smallest absolute Gasteiger partial charge is 0.256 e. The summed E-state index contributed by atoms with van der Waals surface area (Å²) < 4.78 is 18.9. The summed E-state index contributed by atoms with van der Waals surface area (Å²) in [6.07, 6.45) is 10.2. The van der Waals surface area contributed by atoms with E-state index in [1.807, 2.05) is 17.8 Å². The number of rotatable bonds is 8. The van der Waals surface area contributed by atoms with Crippen LogP contribution in [0.2, 0.25) is 0 Å². The van der Waals surface area contributed by atoms with Crippen molar-refractivity contribution in [2.75, 3.05) is 38.8 Å². The van der Waals surface area contributed by atoms with Gasteiger partial charge in [0, 0.05) is 37.8 Å².